The van der Waals surface area contributed by atoms with Crippen molar-refractivity contribution < 1.29 is 4.79 Å². The molecule has 0 radical (unpaired) electrons. The standard InChI is InChI=1S/C13H21N3OS/c1-16(2)13(6-3-4-7-13)9-15-12(17)11-10(14)5-8-18-11/h5,8H,3-4,6-7,9,14H2,1-2H3,(H,15,17). The first-order valence-electron chi connectivity index (χ1n) is 6.34. The summed E-state index contributed by atoms with van der Waals surface area (Å²) in [6.45, 7) is 0.705. The molecule has 0 atom stereocenters. The maximum Gasteiger partial charge on any atom is 0.263 e. The smallest absolute Gasteiger partial charge is 0.263 e. The van der Waals surface area contributed by atoms with Crippen LogP contribution in [0, 0.1) is 0 Å². The lowest BCUT2D eigenvalue weighted by Crippen LogP contribution is -2.50. The van der Waals surface area contributed by atoms with E-state index in [0.29, 0.717) is 17.1 Å². The van der Waals surface area contributed by atoms with Gasteiger partial charge >= 0.3 is 0 Å². The molecule has 2 rings (SSSR count). The van der Waals surface area contributed by atoms with Crippen molar-refractivity contribution in [3.8, 4) is 0 Å². The molecule has 0 bridgehead atoms. The number of likely N-dealkylation sites (N-methyl/N-ethyl adjacent to an activating group) is 1. The van der Waals surface area contributed by atoms with Gasteiger partial charge in [-0.15, -0.1) is 11.3 Å². The van der Waals surface area contributed by atoms with Crippen molar-refractivity contribution in [2.75, 3.05) is 26.4 Å². The maximum absolute atomic E-state index is 12.0. The van der Waals surface area contributed by atoms with Crippen LogP contribution in [0.1, 0.15) is 35.4 Å². The Balaban J connectivity index is 1.98. The quantitative estimate of drug-likeness (QED) is 0.876. The number of amides is 1. The molecular weight excluding hydrogens is 246 g/mol. The van der Waals surface area contributed by atoms with E-state index in [1.54, 1.807) is 6.07 Å². The van der Waals surface area contributed by atoms with Crippen molar-refractivity contribution in [1.82, 2.24) is 10.2 Å². The Kier molecular flexibility index (Phi) is 3.92. The molecule has 1 aliphatic carbocycles. The second-order valence-corrected chi connectivity index (χ2v) is 6.13. The van der Waals surface area contributed by atoms with Crippen molar-refractivity contribution in [1.29, 1.82) is 0 Å². The van der Waals surface area contributed by atoms with Gasteiger partial charge in [0, 0.05) is 12.1 Å². The number of carbonyl (C=O) groups excluding carboxylic acids is 1. The summed E-state index contributed by atoms with van der Waals surface area (Å²) in [7, 11) is 4.19. The van der Waals surface area contributed by atoms with Crippen LogP contribution >= 0.6 is 11.3 Å². The number of thiophene rings is 1. The number of hydrogen-bond acceptors (Lipinski definition) is 4. The number of nitrogens with two attached hydrogens (primary N) is 1. The van der Waals surface area contributed by atoms with Crippen molar-refractivity contribution >= 4 is 22.9 Å². The predicted octanol–water partition coefficient (Wildman–Crippen LogP) is 1.93. The zero-order chi connectivity index (χ0) is 13.2. The van der Waals surface area contributed by atoms with Gasteiger partial charge in [0.05, 0.1) is 5.69 Å². The molecule has 1 aromatic rings. The molecule has 0 spiro atoms. The molecule has 1 saturated carbocycles. The minimum atomic E-state index is -0.0457. The van der Waals surface area contributed by atoms with E-state index < -0.39 is 0 Å². The predicted molar refractivity (Wildman–Crippen MR) is 76.0 cm³/mol. The Morgan fingerprint density at radius 2 is 2.17 bits per heavy atom. The number of nitrogens with zero attached hydrogens (tertiary/aromatic N) is 1. The van der Waals surface area contributed by atoms with Gasteiger partial charge in [-0.3, -0.25) is 4.79 Å². The normalized spacial score (nSPS) is 18.2. The van der Waals surface area contributed by atoms with E-state index in [1.165, 1.54) is 24.2 Å². The van der Waals surface area contributed by atoms with Crippen molar-refractivity contribution in [2.45, 2.75) is 31.2 Å². The fraction of sp³-hybridized carbons (Fsp3) is 0.615. The molecule has 0 unspecified atom stereocenters. The van der Waals surface area contributed by atoms with Gasteiger partial charge in [-0.2, -0.15) is 0 Å². The lowest BCUT2D eigenvalue weighted by Gasteiger charge is -2.36. The van der Waals surface area contributed by atoms with Crippen LogP contribution in [0.3, 0.4) is 0 Å². The number of nitrogens with one attached hydrogen (secondary N) is 1. The van der Waals surface area contributed by atoms with Crippen LogP contribution in [0.15, 0.2) is 11.4 Å². The third-order valence-corrected chi connectivity index (χ3v) is 4.89. The first-order valence-corrected chi connectivity index (χ1v) is 7.22. The Morgan fingerprint density at radius 1 is 1.50 bits per heavy atom. The highest BCUT2D eigenvalue weighted by Gasteiger charge is 2.36. The second kappa shape index (κ2) is 5.28. The second-order valence-electron chi connectivity index (χ2n) is 5.21. The van der Waals surface area contributed by atoms with Gasteiger partial charge in [0.25, 0.3) is 5.91 Å². The number of anilines is 1. The Labute approximate surface area is 112 Å². The summed E-state index contributed by atoms with van der Waals surface area (Å²) in [5.74, 6) is -0.0457. The molecule has 4 nitrogen and oxygen atoms in total. The summed E-state index contributed by atoms with van der Waals surface area (Å²) in [6, 6.07) is 1.77. The van der Waals surface area contributed by atoms with Crippen molar-refractivity contribution in [3.05, 3.63) is 16.3 Å². The molecular formula is C13H21N3OS. The van der Waals surface area contributed by atoms with Crippen LogP contribution in [0.2, 0.25) is 0 Å². The molecule has 0 aliphatic heterocycles. The lowest BCUT2D eigenvalue weighted by atomic mass is 9.96. The van der Waals surface area contributed by atoms with Crippen LogP contribution in [-0.2, 0) is 0 Å². The van der Waals surface area contributed by atoms with Gasteiger partial charge in [0.1, 0.15) is 4.88 Å². The van der Waals surface area contributed by atoms with Gasteiger partial charge in [-0.1, -0.05) is 12.8 Å². The molecule has 3 N–H and O–H groups in total. The molecule has 1 heterocycles. The first-order chi connectivity index (χ1) is 8.55. The molecule has 1 amide bonds. The van der Waals surface area contributed by atoms with Gasteiger partial charge in [-0.25, -0.2) is 0 Å². The zero-order valence-corrected chi connectivity index (χ0v) is 11.8. The molecule has 1 aromatic heterocycles. The van der Waals surface area contributed by atoms with Crippen LogP contribution < -0.4 is 11.1 Å². The Bertz CT molecular complexity index is 422. The summed E-state index contributed by atoms with van der Waals surface area (Å²) >= 11 is 1.40. The van der Waals surface area contributed by atoms with E-state index in [1.807, 2.05) is 5.38 Å². The fourth-order valence-electron chi connectivity index (χ4n) is 2.64. The van der Waals surface area contributed by atoms with Crippen molar-refractivity contribution in [2.24, 2.45) is 0 Å². The van der Waals surface area contributed by atoms with Crippen LogP contribution in [0.25, 0.3) is 0 Å². The van der Waals surface area contributed by atoms with Gasteiger partial charge in [0.15, 0.2) is 0 Å². The molecule has 18 heavy (non-hydrogen) atoms. The van der Waals surface area contributed by atoms with Crippen molar-refractivity contribution in [3.63, 3.8) is 0 Å². The highest BCUT2D eigenvalue weighted by Crippen LogP contribution is 2.33. The van der Waals surface area contributed by atoms with E-state index in [2.05, 4.69) is 24.3 Å². The minimum absolute atomic E-state index is 0.0457. The monoisotopic (exact) mass is 267 g/mol. The molecule has 5 heteroatoms. The minimum Gasteiger partial charge on any atom is -0.397 e. The molecule has 0 saturated heterocycles. The van der Waals surface area contributed by atoms with Crippen LogP contribution in [0.5, 0.6) is 0 Å². The maximum atomic E-state index is 12.0. The molecule has 0 aromatic carbocycles. The fourth-order valence-corrected chi connectivity index (χ4v) is 3.38. The topological polar surface area (TPSA) is 58.4 Å². The zero-order valence-electron chi connectivity index (χ0n) is 11.0. The summed E-state index contributed by atoms with van der Waals surface area (Å²) in [6.07, 6.45) is 4.80. The highest BCUT2D eigenvalue weighted by molar-refractivity contribution is 7.12. The molecule has 1 aliphatic rings. The molecule has 1 fully saturated rings. The average molecular weight is 267 g/mol. The largest absolute Gasteiger partial charge is 0.397 e. The third-order valence-electron chi connectivity index (χ3n) is 3.96. The van der Waals surface area contributed by atoms with Gasteiger partial charge < -0.3 is 16.0 Å². The van der Waals surface area contributed by atoms with Gasteiger partial charge in [-0.05, 0) is 38.4 Å². The summed E-state index contributed by atoms with van der Waals surface area (Å²) in [5, 5.41) is 4.89. The summed E-state index contributed by atoms with van der Waals surface area (Å²) in [4.78, 5) is 14.9. The number of hydrogen-bond donors (Lipinski definition) is 2. The lowest BCUT2D eigenvalue weighted by molar-refractivity contribution is 0.0905. The Hall–Kier alpha value is -1.07. The number of rotatable bonds is 4. The third kappa shape index (κ3) is 2.52. The van der Waals surface area contributed by atoms with E-state index in [4.69, 9.17) is 5.73 Å². The average Bonchev–Trinajstić information content (AvgIpc) is 2.95. The summed E-state index contributed by atoms with van der Waals surface area (Å²) < 4.78 is 0. The first kappa shape index (κ1) is 13.4. The Morgan fingerprint density at radius 3 is 2.67 bits per heavy atom. The number of nitrogen functional groups attached to an aromatic ring is 1. The van der Waals surface area contributed by atoms with E-state index >= 15 is 0 Å². The summed E-state index contributed by atoms with van der Waals surface area (Å²) in [5.41, 5.74) is 6.46. The highest BCUT2D eigenvalue weighted by atomic mass is 32.1. The van der Waals surface area contributed by atoms with Crippen LogP contribution in [-0.4, -0.2) is 37.0 Å². The van der Waals surface area contributed by atoms with E-state index in [9.17, 15) is 4.79 Å². The molecule has 100 valence electrons. The van der Waals surface area contributed by atoms with Crippen LogP contribution in [0.4, 0.5) is 5.69 Å². The SMILES string of the molecule is CN(C)C1(CNC(=O)c2sccc2N)CCCC1. The van der Waals surface area contributed by atoms with E-state index in [0.717, 1.165) is 12.8 Å². The van der Waals surface area contributed by atoms with E-state index in [-0.39, 0.29) is 11.4 Å². The van der Waals surface area contributed by atoms with Gasteiger partial charge in [0.2, 0.25) is 0 Å². The number of carbonyl (C=O) groups is 1.